The third kappa shape index (κ3) is 4.27. The third-order valence-corrected chi connectivity index (χ3v) is 4.89. The second-order valence-corrected chi connectivity index (χ2v) is 7.25. The molecular formula is C20H26N6O2. The van der Waals surface area contributed by atoms with Crippen LogP contribution in [0.2, 0.25) is 0 Å². The number of aromatic nitrogens is 5. The summed E-state index contributed by atoms with van der Waals surface area (Å²) < 4.78 is 7.28. The summed E-state index contributed by atoms with van der Waals surface area (Å²) in [5.41, 5.74) is 3.99. The van der Waals surface area contributed by atoms with Gasteiger partial charge in [0.15, 0.2) is 0 Å². The molecule has 1 amide bonds. The fraction of sp³-hybridized carbons (Fsp3) is 0.450. The predicted octanol–water partition coefficient (Wildman–Crippen LogP) is 2.93. The summed E-state index contributed by atoms with van der Waals surface area (Å²) in [6.45, 7) is 8.01. The van der Waals surface area contributed by atoms with E-state index in [1.807, 2.05) is 51.6 Å². The zero-order chi connectivity index (χ0) is 20.3. The Morgan fingerprint density at radius 3 is 2.57 bits per heavy atom. The van der Waals surface area contributed by atoms with E-state index in [1.165, 1.54) is 0 Å². The Kier molecular flexibility index (Phi) is 5.87. The van der Waals surface area contributed by atoms with Gasteiger partial charge in [0.2, 0.25) is 17.6 Å². The van der Waals surface area contributed by atoms with Crippen molar-refractivity contribution >= 4 is 5.91 Å². The van der Waals surface area contributed by atoms with Crippen LogP contribution in [0.4, 0.5) is 0 Å². The molecule has 0 saturated carbocycles. The minimum absolute atomic E-state index is 0.0509. The normalized spacial score (nSPS) is 12.4. The predicted molar refractivity (Wildman–Crippen MR) is 104 cm³/mol. The molecule has 0 aliphatic heterocycles. The van der Waals surface area contributed by atoms with Crippen LogP contribution in [-0.4, -0.2) is 30.8 Å². The number of pyridine rings is 1. The van der Waals surface area contributed by atoms with Gasteiger partial charge in [-0.15, -0.1) is 0 Å². The van der Waals surface area contributed by atoms with Gasteiger partial charge >= 0.3 is 0 Å². The lowest BCUT2D eigenvalue weighted by Crippen LogP contribution is -2.32. The monoisotopic (exact) mass is 382 g/mol. The number of carbonyl (C=O) groups is 1. The number of nitrogens with one attached hydrogen (secondary N) is 1. The molecule has 8 heteroatoms. The number of carbonyl (C=O) groups excluding carboxylic acids is 1. The van der Waals surface area contributed by atoms with E-state index in [0.29, 0.717) is 24.6 Å². The highest BCUT2D eigenvalue weighted by Gasteiger charge is 2.25. The van der Waals surface area contributed by atoms with E-state index in [-0.39, 0.29) is 17.9 Å². The van der Waals surface area contributed by atoms with Crippen molar-refractivity contribution in [3.05, 3.63) is 47.4 Å². The third-order valence-electron chi connectivity index (χ3n) is 4.89. The number of aryl methyl sites for hydroxylation is 2. The highest BCUT2D eigenvalue weighted by atomic mass is 16.5. The molecule has 1 unspecified atom stereocenters. The number of hydrogen-bond acceptors (Lipinski definition) is 6. The van der Waals surface area contributed by atoms with Crippen LogP contribution in [0.25, 0.3) is 11.4 Å². The quantitative estimate of drug-likeness (QED) is 0.674. The Morgan fingerprint density at radius 1 is 1.25 bits per heavy atom. The van der Waals surface area contributed by atoms with Gasteiger partial charge in [-0.25, -0.2) is 0 Å². The summed E-state index contributed by atoms with van der Waals surface area (Å²) in [5.74, 6) is 0.948. The summed E-state index contributed by atoms with van der Waals surface area (Å²) in [5, 5.41) is 11.5. The summed E-state index contributed by atoms with van der Waals surface area (Å²) in [7, 11) is 1.91. The van der Waals surface area contributed by atoms with E-state index in [9.17, 15) is 4.79 Å². The zero-order valence-corrected chi connectivity index (χ0v) is 16.9. The van der Waals surface area contributed by atoms with Crippen LogP contribution in [0.3, 0.4) is 0 Å². The second kappa shape index (κ2) is 8.33. The summed E-state index contributed by atoms with van der Waals surface area (Å²) in [4.78, 5) is 21.0. The number of rotatable bonds is 7. The smallest absolute Gasteiger partial charge is 0.249 e. The molecule has 148 valence electrons. The largest absolute Gasteiger partial charge is 0.344 e. The number of amides is 1. The van der Waals surface area contributed by atoms with Crippen molar-refractivity contribution in [1.29, 1.82) is 0 Å². The Balaban J connectivity index is 1.68. The molecule has 3 heterocycles. The maximum Gasteiger partial charge on any atom is 0.249 e. The first kappa shape index (κ1) is 19.7. The molecule has 0 fully saturated rings. The Labute approximate surface area is 164 Å². The van der Waals surface area contributed by atoms with Crippen molar-refractivity contribution in [3.8, 4) is 11.4 Å². The Morgan fingerprint density at radius 2 is 1.96 bits per heavy atom. The molecule has 3 rings (SSSR count). The van der Waals surface area contributed by atoms with Crippen LogP contribution in [-0.2, 0) is 18.3 Å². The van der Waals surface area contributed by atoms with E-state index in [2.05, 4.69) is 25.5 Å². The maximum atomic E-state index is 12.6. The minimum atomic E-state index is -0.341. The minimum Gasteiger partial charge on any atom is -0.344 e. The molecule has 3 aromatic heterocycles. The van der Waals surface area contributed by atoms with Gasteiger partial charge in [0.05, 0.1) is 5.69 Å². The van der Waals surface area contributed by atoms with Gasteiger partial charge in [0, 0.05) is 37.1 Å². The van der Waals surface area contributed by atoms with E-state index in [1.54, 1.807) is 12.4 Å². The Hall–Kier alpha value is -3.03. The molecule has 0 aliphatic rings. The lowest BCUT2D eigenvalue weighted by atomic mass is 10.0. The molecule has 28 heavy (non-hydrogen) atoms. The number of hydrogen-bond donors (Lipinski definition) is 1. The van der Waals surface area contributed by atoms with E-state index in [4.69, 9.17) is 4.52 Å². The van der Waals surface area contributed by atoms with Crippen LogP contribution >= 0.6 is 0 Å². The first-order valence-electron chi connectivity index (χ1n) is 9.39. The van der Waals surface area contributed by atoms with Crippen LogP contribution in [0.5, 0.6) is 0 Å². The first-order chi connectivity index (χ1) is 13.4. The van der Waals surface area contributed by atoms with Crippen LogP contribution < -0.4 is 5.32 Å². The van der Waals surface area contributed by atoms with Crippen molar-refractivity contribution in [1.82, 2.24) is 30.2 Å². The SMILES string of the molecule is Cc1nn(C)c(C)c1CCC(=O)NC(c1nc(-c2ccncc2)no1)C(C)C. The van der Waals surface area contributed by atoms with E-state index >= 15 is 0 Å². The fourth-order valence-corrected chi connectivity index (χ4v) is 3.16. The molecule has 0 saturated heterocycles. The van der Waals surface area contributed by atoms with Crippen molar-refractivity contribution in [3.63, 3.8) is 0 Å². The van der Waals surface area contributed by atoms with Gasteiger partial charge in [-0.05, 0) is 43.9 Å². The van der Waals surface area contributed by atoms with Crippen molar-refractivity contribution < 1.29 is 9.32 Å². The number of nitrogens with zero attached hydrogens (tertiary/aromatic N) is 5. The molecule has 8 nitrogen and oxygen atoms in total. The summed E-state index contributed by atoms with van der Waals surface area (Å²) in [6.07, 6.45) is 4.38. The van der Waals surface area contributed by atoms with Crippen molar-refractivity contribution in [2.45, 2.75) is 46.6 Å². The van der Waals surface area contributed by atoms with Crippen LogP contribution in [0.1, 0.15) is 49.2 Å². The standard InChI is InChI=1S/C20H26N6O2/c1-12(2)18(20-23-19(25-28-20)15-8-10-21-11-9-15)22-17(27)7-6-16-13(3)24-26(5)14(16)4/h8-12,18H,6-7H2,1-5H3,(H,22,27). The highest BCUT2D eigenvalue weighted by Crippen LogP contribution is 2.23. The van der Waals surface area contributed by atoms with Gasteiger partial charge in [-0.2, -0.15) is 10.1 Å². The molecule has 0 aromatic carbocycles. The average molecular weight is 382 g/mol. The molecule has 0 radical (unpaired) electrons. The van der Waals surface area contributed by atoms with Crippen molar-refractivity contribution in [2.24, 2.45) is 13.0 Å². The average Bonchev–Trinajstić information content (AvgIpc) is 3.24. The van der Waals surface area contributed by atoms with Crippen molar-refractivity contribution in [2.75, 3.05) is 0 Å². The zero-order valence-electron chi connectivity index (χ0n) is 16.9. The molecule has 0 spiro atoms. The van der Waals surface area contributed by atoms with Crippen LogP contribution in [0.15, 0.2) is 29.0 Å². The summed E-state index contributed by atoms with van der Waals surface area (Å²) in [6, 6.07) is 3.29. The lowest BCUT2D eigenvalue weighted by Gasteiger charge is -2.18. The molecule has 1 N–H and O–H groups in total. The van der Waals surface area contributed by atoms with Gasteiger partial charge < -0.3 is 9.84 Å². The van der Waals surface area contributed by atoms with Gasteiger partial charge in [-0.1, -0.05) is 19.0 Å². The molecular weight excluding hydrogens is 356 g/mol. The van der Waals surface area contributed by atoms with E-state index < -0.39 is 0 Å². The van der Waals surface area contributed by atoms with Gasteiger partial charge in [0.1, 0.15) is 6.04 Å². The second-order valence-electron chi connectivity index (χ2n) is 7.25. The van der Waals surface area contributed by atoms with Gasteiger partial charge in [-0.3, -0.25) is 14.5 Å². The van der Waals surface area contributed by atoms with Gasteiger partial charge in [0.25, 0.3) is 0 Å². The molecule has 3 aromatic rings. The molecule has 0 bridgehead atoms. The highest BCUT2D eigenvalue weighted by molar-refractivity contribution is 5.76. The first-order valence-corrected chi connectivity index (χ1v) is 9.39. The topological polar surface area (TPSA) is 98.7 Å². The molecule has 1 atom stereocenters. The maximum absolute atomic E-state index is 12.6. The Bertz CT molecular complexity index is 945. The summed E-state index contributed by atoms with van der Waals surface area (Å²) >= 11 is 0. The van der Waals surface area contributed by atoms with Crippen LogP contribution in [0, 0.1) is 19.8 Å². The van der Waals surface area contributed by atoms with E-state index in [0.717, 1.165) is 22.5 Å². The lowest BCUT2D eigenvalue weighted by molar-refractivity contribution is -0.122. The molecule has 0 aliphatic carbocycles. The fourth-order valence-electron chi connectivity index (χ4n) is 3.16.